The Morgan fingerprint density at radius 3 is 3.06 bits per heavy atom. The van der Waals surface area contributed by atoms with Gasteiger partial charge in [0, 0.05) is 38.2 Å². The highest BCUT2D eigenvalue weighted by Gasteiger charge is 2.18. The van der Waals surface area contributed by atoms with Gasteiger partial charge in [-0.2, -0.15) is 0 Å². The number of halogens is 2. The molecule has 1 aliphatic rings. The van der Waals surface area contributed by atoms with Crippen LogP contribution in [0, 0.1) is 0 Å². The highest BCUT2D eigenvalue weighted by atomic mass is 19.3. The summed E-state index contributed by atoms with van der Waals surface area (Å²) >= 11 is 0. The van der Waals surface area contributed by atoms with Gasteiger partial charge in [0.2, 0.25) is 0 Å². The van der Waals surface area contributed by atoms with Gasteiger partial charge in [0.15, 0.2) is 0 Å². The Hall–Kier alpha value is -1.01. The van der Waals surface area contributed by atoms with Crippen molar-refractivity contribution in [1.29, 1.82) is 0 Å². The van der Waals surface area contributed by atoms with E-state index >= 15 is 0 Å². The van der Waals surface area contributed by atoms with Crippen LogP contribution in [0.3, 0.4) is 0 Å². The fourth-order valence-electron chi connectivity index (χ4n) is 2.29. The van der Waals surface area contributed by atoms with Gasteiger partial charge >= 0.3 is 0 Å². The molecule has 0 aliphatic carbocycles. The average Bonchev–Trinajstić information content (AvgIpc) is 2.72. The van der Waals surface area contributed by atoms with Crippen molar-refractivity contribution >= 4 is 0 Å². The zero-order chi connectivity index (χ0) is 13.0. The number of imidazole rings is 1. The molecule has 0 spiro atoms. The number of aryl methyl sites for hydroxylation is 1. The Bertz CT molecular complexity index is 393. The lowest BCUT2D eigenvalue weighted by molar-refractivity contribution is 0.0144. The van der Waals surface area contributed by atoms with E-state index in [-0.39, 0.29) is 0 Å². The lowest BCUT2D eigenvalue weighted by Crippen LogP contribution is -2.25. The Balaban J connectivity index is 1.99. The molecule has 2 rings (SSSR count). The van der Waals surface area contributed by atoms with Gasteiger partial charge in [-0.05, 0) is 0 Å². The smallest absolute Gasteiger partial charge is 0.261 e. The summed E-state index contributed by atoms with van der Waals surface area (Å²) in [5.74, 6) is 1.02. The average molecular weight is 259 g/mol. The predicted molar refractivity (Wildman–Crippen MR) is 63.8 cm³/mol. The molecule has 1 aromatic heterocycles. The van der Waals surface area contributed by atoms with E-state index in [0.717, 1.165) is 37.4 Å². The Labute approximate surface area is 105 Å². The van der Waals surface area contributed by atoms with Gasteiger partial charge < -0.3 is 14.6 Å². The van der Waals surface area contributed by atoms with E-state index in [2.05, 4.69) is 21.8 Å². The third kappa shape index (κ3) is 3.05. The summed E-state index contributed by atoms with van der Waals surface area (Å²) in [6, 6.07) is 0. The van der Waals surface area contributed by atoms with Crippen molar-refractivity contribution in [2.75, 3.05) is 19.8 Å². The molecule has 0 atom stereocenters. The molecular weight excluding hydrogens is 240 g/mol. The first-order valence-corrected chi connectivity index (χ1v) is 6.36. The van der Waals surface area contributed by atoms with Crippen molar-refractivity contribution < 1.29 is 13.5 Å². The van der Waals surface area contributed by atoms with Gasteiger partial charge in [-0.15, -0.1) is 0 Å². The molecule has 2 heterocycles. The quantitative estimate of drug-likeness (QED) is 0.784. The van der Waals surface area contributed by atoms with E-state index < -0.39 is 13.0 Å². The molecular formula is C12H19F2N3O. The van der Waals surface area contributed by atoms with Crippen molar-refractivity contribution in [2.24, 2.45) is 0 Å². The zero-order valence-corrected chi connectivity index (χ0v) is 10.6. The highest BCUT2D eigenvalue weighted by molar-refractivity contribution is 5.20. The minimum Gasteiger partial charge on any atom is -0.374 e. The molecule has 4 nitrogen and oxygen atoms in total. The van der Waals surface area contributed by atoms with Crippen LogP contribution in [0.2, 0.25) is 0 Å². The predicted octanol–water partition coefficient (Wildman–Crippen LogP) is 1.37. The van der Waals surface area contributed by atoms with Gasteiger partial charge in [0.1, 0.15) is 12.4 Å². The van der Waals surface area contributed by atoms with Crippen LogP contribution in [-0.4, -0.2) is 35.7 Å². The fourth-order valence-corrected chi connectivity index (χ4v) is 2.29. The molecule has 0 fully saturated rings. The number of ether oxygens (including phenoxy) is 1. The van der Waals surface area contributed by atoms with Crippen molar-refractivity contribution in [2.45, 2.75) is 39.3 Å². The largest absolute Gasteiger partial charge is 0.374 e. The molecule has 0 saturated carbocycles. The van der Waals surface area contributed by atoms with Crippen LogP contribution in [-0.2, 0) is 30.7 Å². The SMILES string of the molecule is CCc1nc2c(n1CCOCC(F)F)CCNC2. The highest BCUT2D eigenvalue weighted by Crippen LogP contribution is 2.16. The maximum absolute atomic E-state index is 12.0. The summed E-state index contributed by atoms with van der Waals surface area (Å²) in [5.41, 5.74) is 2.32. The van der Waals surface area contributed by atoms with Crippen LogP contribution < -0.4 is 5.32 Å². The molecule has 0 unspecified atom stereocenters. The molecule has 0 bridgehead atoms. The molecule has 6 heteroatoms. The fraction of sp³-hybridized carbons (Fsp3) is 0.750. The zero-order valence-electron chi connectivity index (χ0n) is 10.6. The summed E-state index contributed by atoms with van der Waals surface area (Å²) in [6.45, 7) is 4.23. The second kappa shape index (κ2) is 6.24. The Kier molecular flexibility index (Phi) is 4.66. The van der Waals surface area contributed by atoms with Crippen LogP contribution in [0.5, 0.6) is 0 Å². The van der Waals surface area contributed by atoms with Crippen LogP contribution in [0.25, 0.3) is 0 Å². The number of alkyl halides is 2. The molecule has 0 amide bonds. The Morgan fingerprint density at radius 2 is 2.33 bits per heavy atom. The van der Waals surface area contributed by atoms with Gasteiger partial charge in [0.25, 0.3) is 6.43 Å². The molecule has 18 heavy (non-hydrogen) atoms. The maximum Gasteiger partial charge on any atom is 0.261 e. The second-order valence-electron chi connectivity index (χ2n) is 4.32. The summed E-state index contributed by atoms with van der Waals surface area (Å²) < 4.78 is 31.0. The number of nitrogens with zero attached hydrogens (tertiary/aromatic N) is 2. The normalized spacial score (nSPS) is 15.1. The summed E-state index contributed by atoms with van der Waals surface area (Å²) in [6.07, 6.45) is -0.601. The van der Waals surface area contributed by atoms with E-state index in [1.165, 1.54) is 5.69 Å². The van der Waals surface area contributed by atoms with Crippen LogP contribution in [0.4, 0.5) is 8.78 Å². The number of nitrogens with one attached hydrogen (secondary N) is 1. The van der Waals surface area contributed by atoms with Crippen molar-refractivity contribution in [3.05, 3.63) is 17.2 Å². The molecule has 0 radical (unpaired) electrons. The molecule has 0 aromatic carbocycles. The molecule has 1 aromatic rings. The van der Waals surface area contributed by atoms with Crippen molar-refractivity contribution in [3.63, 3.8) is 0 Å². The Morgan fingerprint density at radius 1 is 1.50 bits per heavy atom. The minimum atomic E-state index is -2.39. The van der Waals surface area contributed by atoms with Crippen molar-refractivity contribution in [3.8, 4) is 0 Å². The maximum atomic E-state index is 12.0. The summed E-state index contributed by atoms with van der Waals surface area (Å²) in [7, 11) is 0. The molecule has 1 N–H and O–H groups in total. The van der Waals surface area contributed by atoms with Gasteiger partial charge in [0.05, 0.1) is 12.3 Å². The summed E-state index contributed by atoms with van der Waals surface area (Å²) in [5, 5.41) is 3.28. The number of hydrogen-bond acceptors (Lipinski definition) is 3. The van der Waals surface area contributed by atoms with E-state index in [1.807, 2.05) is 0 Å². The van der Waals surface area contributed by atoms with Crippen LogP contribution in [0.1, 0.15) is 24.1 Å². The van der Waals surface area contributed by atoms with Gasteiger partial charge in [-0.3, -0.25) is 0 Å². The van der Waals surface area contributed by atoms with E-state index in [0.29, 0.717) is 13.2 Å². The van der Waals surface area contributed by atoms with Gasteiger partial charge in [-0.1, -0.05) is 6.92 Å². The summed E-state index contributed by atoms with van der Waals surface area (Å²) in [4.78, 5) is 4.58. The number of fused-ring (bicyclic) bond motifs is 1. The monoisotopic (exact) mass is 259 g/mol. The van der Waals surface area contributed by atoms with E-state index in [4.69, 9.17) is 4.74 Å². The molecule has 0 saturated heterocycles. The van der Waals surface area contributed by atoms with Crippen LogP contribution in [0.15, 0.2) is 0 Å². The topological polar surface area (TPSA) is 39.1 Å². The number of aromatic nitrogens is 2. The number of rotatable bonds is 6. The van der Waals surface area contributed by atoms with Crippen molar-refractivity contribution in [1.82, 2.24) is 14.9 Å². The van der Waals surface area contributed by atoms with E-state index in [1.54, 1.807) is 0 Å². The molecule has 1 aliphatic heterocycles. The number of hydrogen-bond donors (Lipinski definition) is 1. The third-order valence-corrected chi connectivity index (χ3v) is 3.08. The first-order valence-electron chi connectivity index (χ1n) is 6.36. The van der Waals surface area contributed by atoms with Crippen LogP contribution >= 0.6 is 0 Å². The van der Waals surface area contributed by atoms with Gasteiger partial charge in [-0.25, -0.2) is 13.8 Å². The van der Waals surface area contributed by atoms with E-state index in [9.17, 15) is 8.78 Å². The second-order valence-corrected chi connectivity index (χ2v) is 4.32. The lowest BCUT2D eigenvalue weighted by Gasteiger charge is -2.16. The standard InChI is InChI=1S/C12H19F2N3O/c1-2-12-16-9-7-15-4-3-10(9)17(12)5-6-18-8-11(13)14/h11,15H,2-8H2,1H3. The minimum absolute atomic E-state index is 0.313. The first-order chi connectivity index (χ1) is 8.72. The molecule has 102 valence electrons. The lowest BCUT2D eigenvalue weighted by atomic mass is 10.2. The first kappa shape index (κ1) is 13.4. The third-order valence-electron chi connectivity index (χ3n) is 3.08.